The zero-order valence-corrected chi connectivity index (χ0v) is 21.7. The average molecular weight is 529 g/mol. The van der Waals surface area contributed by atoms with E-state index in [0.717, 1.165) is 33.3 Å². The van der Waals surface area contributed by atoms with Crippen molar-refractivity contribution in [2.75, 3.05) is 58.4 Å². The van der Waals surface area contributed by atoms with Crippen molar-refractivity contribution in [2.45, 2.75) is 25.9 Å². The van der Waals surface area contributed by atoms with Crippen LogP contribution in [0.3, 0.4) is 0 Å². The molecule has 0 unspecified atom stereocenters. The van der Waals surface area contributed by atoms with Crippen molar-refractivity contribution in [3.8, 4) is 5.75 Å². The van der Waals surface area contributed by atoms with Gasteiger partial charge in [0, 0.05) is 73.0 Å². The van der Waals surface area contributed by atoms with Gasteiger partial charge in [0.25, 0.3) is 6.43 Å². The molecule has 1 atom stereocenters. The maximum atomic E-state index is 13.3. The highest BCUT2D eigenvalue weighted by Gasteiger charge is 2.31. The number of fused-ring (bicyclic) bond motifs is 1. The third kappa shape index (κ3) is 5.48. The lowest BCUT2D eigenvalue weighted by molar-refractivity contribution is -0.0248. The molecular weight excluding hydrogens is 494 g/mol. The van der Waals surface area contributed by atoms with Gasteiger partial charge in [-0.1, -0.05) is 6.07 Å². The topological polar surface area (TPSA) is 90.1 Å². The summed E-state index contributed by atoms with van der Waals surface area (Å²) in [5.41, 5.74) is 4.78. The fourth-order valence-corrected chi connectivity index (χ4v) is 5.49. The number of aromatic carboxylic acids is 1. The van der Waals surface area contributed by atoms with Gasteiger partial charge in [-0.3, -0.25) is 9.80 Å². The number of piperazine rings is 1. The minimum atomic E-state index is -2.42. The molecule has 2 fully saturated rings. The van der Waals surface area contributed by atoms with Crippen LogP contribution in [0.1, 0.15) is 33.1 Å². The van der Waals surface area contributed by atoms with Gasteiger partial charge in [0.15, 0.2) is 0 Å². The molecule has 1 aromatic heterocycles. The van der Waals surface area contributed by atoms with Crippen LogP contribution in [-0.2, 0) is 11.3 Å². The van der Waals surface area contributed by atoms with Crippen LogP contribution in [0.2, 0.25) is 0 Å². The standard InChI is InChI=1S/C28H34F2N4O4/c1-17-9-25(37-2)22(20-5-6-31-27(17)20)12-34-8-7-33(14-26(29)30)13-24(34)19-3-4-21(28(35)36)23(10-19)32-11-18-15-38-16-18/h3-6,9-10,18,24,26,31-32H,7-8,11-16H2,1-2H3,(H,35,36)/t24-/m0/s1. The summed E-state index contributed by atoms with van der Waals surface area (Å²) in [5.74, 6) is 0.114. The Morgan fingerprint density at radius 3 is 2.76 bits per heavy atom. The van der Waals surface area contributed by atoms with Crippen LogP contribution in [0.4, 0.5) is 14.5 Å². The number of hydrogen-bond donors (Lipinski definition) is 3. The summed E-state index contributed by atoms with van der Waals surface area (Å²) in [7, 11) is 1.66. The second-order valence-electron chi connectivity index (χ2n) is 10.2. The number of H-pyrrole nitrogens is 1. The number of carboxylic acids is 1. The molecule has 0 radical (unpaired) electrons. The lowest BCUT2D eigenvalue weighted by Gasteiger charge is -2.42. The van der Waals surface area contributed by atoms with Crippen LogP contribution >= 0.6 is 0 Å². The second kappa shape index (κ2) is 11.3. The Morgan fingerprint density at radius 2 is 2.08 bits per heavy atom. The maximum absolute atomic E-state index is 13.3. The average Bonchev–Trinajstić information content (AvgIpc) is 3.35. The van der Waals surface area contributed by atoms with Crippen LogP contribution in [0, 0.1) is 12.8 Å². The second-order valence-corrected chi connectivity index (χ2v) is 10.2. The van der Waals surface area contributed by atoms with Gasteiger partial charge in [-0.25, -0.2) is 13.6 Å². The van der Waals surface area contributed by atoms with E-state index in [9.17, 15) is 18.7 Å². The van der Waals surface area contributed by atoms with Crippen molar-refractivity contribution in [3.63, 3.8) is 0 Å². The van der Waals surface area contributed by atoms with Gasteiger partial charge in [0.1, 0.15) is 5.75 Å². The minimum Gasteiger partial charge on any atom is -0.496 e. The van der Waals surface area contributed by atoms with E-state index >= 15 is 0 Å². The largest absolute Gasteiger partial charge is 0.496 e. The van der Waals surface area contributed by atoms with E-state index in [0.29, 0.717) is 57.5 Å². The molecule has 2 saturated heterocycles. The molecule has 3 heterocycles. The molecule has 3 N–H and O–H groups in total. The molecule has 204 valence electrons. The number of rotatable bonds is 10. The van der Waals surface area contributed by atoms with E-state index in [-0.39, 0.29) is 18.2 Å². The number of aromatic amines is 1. The lowest BCUT2D eigenvalue weighted by atomic mass is 9.97. The normalized spacial score (nSPS) is 19.1. The molecule has 0 bridgehead atoms. The quantitative estimate of drug-likeness (QED) is 0.360. The van der Waals surface area contributed by atoms with Crippen LogP contribution in [0.25, 0.3) is 10.9 Å². The molecule has 0 amide bonds. The SMILES string of the molecule is COc1cc(C)c2[nH]ccc2c1CN1CCN(CC(F)F)C[C@H]1c1ccc(C(=O)O)c(NCC2COC2)c1. The van der Waals surface area contributed by atoms with E-state index in [1.54, 1.807) is 18.1 Å². The molecule has 2 aromatic carbocycles. The Hall–Kier alpha value is -3.21. The molecule has 5 rings (SSSR count). The molecule has 10 heteroatoms. The first-order chi connectivity index (χ1) is 18.3. The number of anilines is 1. The summed E-state index contributed by atoms with van der Waals surface area (Å²) >= 11 is 0. The number of halogens is 2. The number of alkyl halides is 2. The summed E-state index contributed by atoms with van der Waals surface area (Å²) in [6, 6.07) is 9.13. The smallest absolute Gasteiger partial charge is 0.337 e. The number of benzene rings is 2. The molecule has 38 heavy (non-hydrogen) atoms. The van der Waals surface area contributed by atoms with Gasteiger partial charge in [-0.05, 0) is 42.3 Å². The molecule has 2 aliphatic rings. The summed E-state index contributed by atoms with van der Waals surface area (Å²) < 4.78 is 37.7. The first kappa shape index (κ1) is 26.4. The molecular formula is C28H34F2N4O4. The van der Waals surface area contributed by atoms with E-state index in [4.69, 9.17) is 9.47 Å². The first-order valence-electron chi connectivity index (χ1n) is 12.9. The summed E-state index contributed by atoms with van der Waals surface area (Å²) in [4.78, 5) is 19.3. The molecule has 0 aliphatic carbocycles. The Morgan fingerprint density at radius 1 is 1.26 bits per heavy atom. The number of aryl methyl sites for hydroxylation is 1. The van der Waals surface area contributed by atoms with Crippen molar-refractivity contribution in [1.82, 2.24) is 14.8 Å². The van der Waals surface area contributed by atoms with Crippen molar-refractivity contribution < 1.29 is 28.2 Å². The Labute approximate surface area is 220 Å². The maximum Gasteiger partial charge on any atom is 0.337 e. The number of hydrogen-bond acceptors (Lipinski definition) is 6. The molecule has 0 saturated carbocycles. The monoisotopic (exact) mass is 528 g/mol. The van der Waals surface area contributed by atoms with Gasteiger partial charge in [0.2, 0.25) is 0 Å². The molecule has 0 spiro atoms. The van der Waals surface area contributed by atoms with Gasteiger partial charge in [0.05, 0.1) is 32.4 Å². The van der Waals surface area contributed by atoms with Crippen molar-refractivity contribution in [2.24, 2.45) is 5.92 Å². The third-order valence-corrected chi connectivity index (χ3v) is 7.61. The lowest BCUT2D eigenvalue weighted by Crippen LogP contribution is -2.49. The predicted molar refractivity (Wildman–Crippen MR) is 141 cm³/mol. The number of nitrogens with one attached hydrogen (secondary N) is 2. The van der Waals surface area contributed by atoms with Crippen molar-refractivity contribution in [1.29, 1.82) is 0 Å². The highest BCUT2D eigenvalue weighted by molar-refractivity contribution is 5.94. The predicted octanol–water partition coefficient (Wildman–Crippen LogP) is 4.37. The summed E-state index contributed by atoms with van der Waals surface area (Å²) in [6.45, 7) is 5.74. The zero-order chi connectivity index (χ0) is 26.8. The minimum absolute atomic E-state index is 0.190. The van der Waals surface area contributed by atoms with Gasteiger partial charge < -0.3 is 24.9 Å². The number of carbonyl (C=O) groups is 1. The first-order valence-corrected chi connectivity index (χ1v) is 12.9. The van der Waals surface area contributed by atoms with E-state index in [2.05, 4.69) is 15.2 Å². The van der Waals surface area contributed by atoms with Crippen LogP contribution < -0.4 is 10.1 Å². The fourth-order valence-electron chi connectivity index (χ4n) is 5.49. The Balaban J connectivity index is 1.49. The molecule has 2 aliphatic heterocycles. The highest BCUT2D eigenvalue weighted by Crippen LogP contribution is 2.36. The number of ether oxygens (including phenoxy) is 2. The van der Waals surface area contributed by atoms with Gasteiger partial charge in [-0.2, -0.15) is 0 Å². The van der Waals surface area contributed by atoms with Gasteiger partial charge >= 0.3 is 5.97 Å². The van der Waals surface area contributed by atoms with E-state index in [1.807, 2.05) is 37.4 Å². The van der Waals surface area contributed by atoms with Crippen molar-refractivity contribution in [3.05, 3.63) is 58.8 Å². The fraction of sp³-hybridized carbons (Fsp3) is 0.464. The van der Waals surface area contributed by atoms with E-state index in [1.165, 1.54) is 0 Å². The summed E-state index contributed by atoms with van der Waals surface area (Å²) in [6.07, 6.45) is -0.510. The number of carboxylic acid groups (broad SMARTS) is 1. The van der Waals surface area contributed by atoms with Crippen molar-refractivity contribution >= 4 is 22.6 Å². The zero-order valence-electron chi connectivity index (χ0n) is 21.7. The number of nitrogens with zero attached hydrogens (tertiary/aromatic N) is 2. The third-order valence-electron chi connectivity index (χ3n) is 7.61. The molecule has 3 aromatic rings. The number of aromatic nitrogens is 1. The van der Waals surface area contributed by atoms with Crippen LogP contribution in [0.15, 0.2) is 36.5 Å². The summed E-state index contributed by atoms with van der Waals surface area (Å²) in [5, 5.41) is 14.1. The number of methoxy groups -OCH3 is 1. The Kier molecular flexibility index (Phi) is 7.83. The van der Waals surface area contributed by atoms with Gasteiger partial charge in [-0.15, -0.1) is 0 Å². The molecule has 8 nitrogen and oxygen atoms in total. The van der Waals surface area contributed by atoms with Crippen LogP contribution in [0.5, 0.6) is 5.75 Å². The Bertz CT molecular complexity index is 1290. The van der Waals surface area contributed by atoms with E-state index < -0.39 is 12.4 Å². The highest BCUT2D eigenvalue weighted by atomic mass is 19.3. The van der Waals surface area contributed by atoms with Crippen LogP contribution in [-0.4, -0.2) is 85.3 Å².